The highest BCUT2D eigenvalue weighted by Gasteiger charge is 2.39. The van der Waals surface area contributed by atoms with Crippen molar-refractivity contribution in [2.24, 2.45) is 4.99 Å². The van der Waals surface area contributed by atoms with E-state index in [-0.39, 0.29) is 17.9 Å². The highest BCUT2D eigenvalue weighted by molar-refractivity contribution is 8.15. The van der Waals surface area contributed by atoms with Gasteiger partial charge in [-0.3, -0.25) is 4.79 Å². The molecule has 2 aliphatic rings. The molecule has 2 heterocycles. The van der Waals surface area contributed by atoms with Crippen LogP contribution in [-0.2, 0) is 4.79 Å². The number of benzene rings is 3. The van der Waals surface area contributed by atoms with Crippen molar-refractivity contribution in [2.75, 3.05) is 23.0 Å². The number of carbonyl (C=O) groups excluding carboxylic acids is 2. The molecule has 3 N–H and O–H groups in total. The molecule has 1 atom stereocenters. The van der Waals surface area contributed by atoms with Gasteiger partial charge in [0.1, 0.15) is 10.8 Å². The second-order valence-electron chi connectivity index (χ2n) is 8.80. The Balaban J connectivity index is 1.45. The number of anilines is 2. The number of amides is 3. The molecule has 3 amide bonds. The fourth-order valence-electron chi connectivity index (χ4n) is 4.58. The molecule has 38 heavy (non-hydrogen) atoms. The molecule has 0 fully saturated rings. The lowest BCUT2D eigenvalue weighted by Crippen LogP contribution is -2.31. The molecule has 0 aromatic heterocycles. The fraction of sp³-hybridized carbons (Fsp3) is 0.167. The monoisotopic (exact) mass is 524 g/mol. The summed E-state index contributed by atoms with van der Waals surface area (Å²) in [5.74, 6) is 0.707. The lowest BCUT2D eigenvalue weighted by atomic mass is 9.81. The summed E-state index contributed by atoms with van der Waals surface area (Å²) in [7, 11) is 0. The number of aliphatic imine (C=N–C) groups is 1. The van der Waals surface area contributed by atoms with E-state index >= 15 is 0 Å². The SMILES string of the molecule is CCOc1ccc(NC(=O)NC2=C3C(=NC(C)=C(C(=O)Nc4ccccc4)C3c3ccccc3)SC2)cc1. The topological polar surface area (TPSA) is 91.8 Å². The van der Waals surface area contributed by atoms with Crippen molar-refractivity contribution in [3.05, 3.63) is 113 Å². The Morgan fingerprint density at radius 1 is 0.895 bits per heavy atom. The van der Waals surface area contributed by atoms with Crippen molar-refractivity contribution >= 4 is 40.1 Å². The number of hydrogen-bond acceptors (Lipinski definition) is 5. The first-order valence-corrected chi connectivity index (χ1v) is 13.4. The van der Waals surface area contributed by atoms with Crippen LogP contribution in [0.5, 0.6) is 5.75 Å². The number of para-hydroxylation sites is 1. The van der Waals surface area contributed by atoms with Gasteiger partial charge in [0, 0.05) is 40.0 Å². The summed E-state index contributed by atoms with van der Waals surface area (Å²) in [4.78, 5) is 31.4. The molecule has 0 saturated heterocycles. The van der Waals surface area contributed by atoms with Crippen molar-refractivity contribution in [1.82, 2.24) is 5.32 Å². The number of carbonyl (C=O) groups is 2. The maximum atomic E-state index is 13.6. The van der Waals surface area contributed by atoms with Crippen LogP contribution in [0.1, 0.15) is 25.3 Å². The highest BCUT2D eigenvalue weighted by Crippen LogP contribution is 2.45. The van der Waals surface area contributed by atoms with Gasteiger partial charge in [-0.1, -0.05) is 60.3 Å². The summed E-state index contributed by atoms with van der Waals surface area (Å²) in [5, 5.41) is 9.76. The molecule has 5 rings (SSSR count). The molecule has 0 saturated carbocycles. The van der Waals surface area contributed by atoms with Crippen molar-refractivity contribution < 1.29 is 14.3 Å². The van der Waals surface area contributed by atoms with Crippen LogP contribution >= 0.6 is 11.8 Å². The van der Waals surface area contributed by atoms with Crippen LogP contribution in [0.4, 0.5) is 16.2 Å². The summed E-state index contributed by atoms with van der Waals surface area (Å²) in [5.41, 5.74) is 5.14. The molecule has 0 bridgehead atoms. The molecule has 0 aliphatic carbocycles. The van der Waals surface area contributed by atoms with Crippen LogP contribution in [0.3, 0.4) is 0 Å². The lowest BCUT2D eigenvalue weighted by Gasteiger charge is -2.28. The maximum absolute atomic E-state index is 13.6. The van der Waals surface area contributed by atoms with Crippen LogP contribution < -0.4 is 20.7 Å². The van der Waals surface area contributed by atoms with E-state index in [9.17, 15) is 9.59 Å². The number of urea groups is 1. The van der Waals surface area contributed by atoms with Crippen LogP contribution in [0.2, 0.25) is 0 Å². The van der Waals surface area contributed by atoms with Gasteiger partial charge in [0.25, 0.3) is 5.91 Å². The molecule has 1 unspecified atom stereocenters. The quantitative estimate of drug-likeness (QED) is 0.337. The summed E-state index contributed by atoms with van der Waals surface area (Å²) in [6.45, 7) is 4.37. The number of allylic oxidation sites excluding steroid dienone is 1. The predicted molar refractivity (Wildman–Crippen MR) is 154 cm³/mol. The second kappa shape index (κ2) is 11.4. The number of nitrogens with zero attached hydrogens (tertiary/aromatic N) is 1. The third-order valence-electron chi connectivity index (χ3n) is 6.24. The minimum Gasteiger partial charge on any atom is -0.494 e. The number of nitrogens with one attached hydrogen (secondary N) is 3. The summed E-state index contributed by atoms with van der Waals surface area (Å²) in [6, 6.07) is 26.1. The molecule has 2 aliphatic heterocycles. The van der Waals surface area contributed by atoms with E-state index in [0.717, 1.165) is 27.6 Å². The average Bonchev–Trinajstić information content (AvgIpc) is 3.31. The molecule has 0 spiro atoms. The molecule has 3 aromatic rings. The van der Waals surface area contributed by atoms with Gasteiger partial charge >= 0.3 is 6.03 Å². The first-order chi connectivity index (χ1) is 18.5. The summed E-state index contributed by atoms with van der Waals surface area (Å²) in [6.07, 6.45) is 0. The van der Waals surface area contributed by atoms with E-state index in [0.29, 0.717) is 35.0 Å². The second-order valence-corrected chi connectivity index (χ2v) is 9.76. The van der Waals surface area contributed by atoms with E-state index in [1.165, 1.54) is 0 Å². The molecule has 3 aromatic carbocycles. The van der Waals surface area contributed by atoms with E-state index in [1.54, 1.807) is 23.9 Å². The summed E-state index contributed by atoms with van der Waals surface area (Å²) < 4.78 is 5.47. The fourth-order valence-corrected chi connectivity index (χ4v) is 5.69. The number of ether oxygens (including phenoxy) is 1. The van der Waals surface area contributed by atoms with Crippen LogP contribution in [-0.4, -0.2) is 29.3 Å². The Labute approximate surface area is 226 Å². The van der Waals surface area contributed by atoms with Gasteiger partial charge in [0.15, 0.2) is 0 Å². The van der Waals surface area contributed by atoms with Gasteiger partial charge in [-0.05, 0) is 55.8 Å². The Morgan fingerprint density at radius 2 is 1.55 bits per heavy atom. The number of rotatable bonds is 7. The van der Waals surface area contributed by atoms with Gasteiger partial charge < -0.3 is 20.7 Å². The molecule has 7 nitrogen and oxygen atoms in total. The van der Waals surface area contributed by atoms with Gasteiger partial charge in [0.2, 0.25) is 0 Å². The van der Waals surface area contributed by atoms with Crippen LogP contribution in [0.25, 0.3) is 0 Å². The van der Waals surface area contributed by atoms with Gasteiger partial charge in [0.05, 0.1) is 12.2 Å². The van der Waals surface area contributed by atoms with Crippen molar-refractivity contribution in [1.29, 1.82) is 0 Å². The Hall–Kier alpha value is -4.30. The van der Waals surface area contributed by atoms with E-state index in [2.05, 4.69) is 16.0 Å². The van der Waals surface area contributed by atoms with Crippen molar-refractivity contribution in [3.8, 4) is 5.75 Å². The normalized spacial score (nSPS) is 16.5. The molecule has 0 radical (unpaired) electrons. The minimum atomic E-state index is -0.372. The zero-order chi connectivity index (χ0) is 26.5. The zero-order valence-electron chi connectivity index (χ0n) is 21.2. The standard InChI is InChI=1S/C30H28N4O3S/c1-3-37-23-16-14-22(15-17-23)33-30(36)34-24-18-38-29-27(24)26(20-10-6-4-7-11-20)25(19(2)31-29)28(35)32-21-12-8-5-9-13-21/h4-17,26H,3,18H2,1-2H3,(H,32,35)(H2,33,34,36). The van der Waals surface area contributed by atoms with Crippen molar-refractivity contribution in [2.45, 2.75) is 19.8 Å². The average molecular weight is 525 g/mol. The number of hydrogen-bond donors (Lipinski definition) is 3. The Morgan fingerprint density at radius 3 is 2.24 bits per heavy atom. The largest absolute Gasteiger partial charge is 0.494 e. The van der Waals surface area contributed by atoms with Crippen LogP contribution in [0.15, 0.2) is 112 Å². The predicted octanol–water partition coefficient (Wildman–Crippen LogP) is 6.32. The third kappa shape index (κ3) is 5.50. The first-order valence-electron chi connectivity index (χ1n) is 12.4. The highest BCUT2D eigenvalue weighted by atomic mass is 32.2. The molecule has 8 heteroatoms. The first kappa shape index (κ1) is 25.4. The van der Waals surface area contributed by atoms with Crippen LogP contribution in [0, 0.1) is 0 Å². The number of thioether (sulfide) groups is 1. The van der Waals surface area contributed by atoms with E-state index < -0.39 is 0 Å². The maximum Gasteiger partial charge on any atom is 0.323 e. The minimum absolute atomic E-state index is 0.215. The molecular formula is C30H28N4O3S. The molecular weight excluding hydrogens is 496 g/mol. The number of fused-ring (bicyclic) bond motifs is 1. The third-order valence-corrected chi connectivity index (χ3v) is 7.26. The van der Waals surface area contributed by atoms with Gasteiger partial charge in [-0.15, -0.1) is 0 Å². The summed E-state index contributed by atoms with van der Waals surface area (Å²) >= 11 is 1.56. The lowest BCUT2D eigenvalue weighted by molar-refractivity contribution is -0.113. The van der Waals surface area contributed by atoms with E-state index in [1.807, 2.05) is 86.6 Å². The van der Waals surface area contributed by atoms with Gasteiger partial charge in [-0.25, -0.2) is 9.79 Å². The van der Waals surface area contributed by atoms with Gasteiger partial charge in [-0.2, -0.15) is 0 Å². The molecule has 192 valence electrons. The smallest absolute Gasteiger partial charge is 0.323 e. The zero-order valence-corrected chi connectivity index (χ0v) is 22.0. The Bertz CT molecular complexity index is 1430. The Kier molecular flexibility index (Phi) is 7.60. The van der Waals surface area contributed by atoms with E-state index in [4.69, 9.17) is 9.73 Å². The van der Waals surface area contributed by atoms with Crippen molar-refractivity contribution in [3.63, 3.8) is 0 Å².